The molecule has 3 heteroatoms. The van der Waals surface area contributed by atoms with Crippen molar-refractivity contribution in [3.8, 4) is 0 Å². The average Bonchev–Trinajstić information content (AvgIpc) is 3.05. The highest BCUT2D eigenvalue weighted by Crippen LogP contribution is 2.56. The van der Waals surface area contributed by atoms with E-state index in [-0.39, 0.29) is 5.97 Å². The highest BCUT2D eigenvalue weighted by Gasteiger charge is 2.51. The van der Waals surface area contributed by atoms with E-state index in [1.165, 1.54) is 19.3 Å². The highest BCUT2D eigenvalue weighted by atomic mass is 16.5. The van der Waals surface area contributed by atoms with E-state index in [0.29, 0.717) is 18.2 Å². The van der Waals surface area contributed by atoms with E-state index < -0.39 is 0 Å². The maximum atomic E-state index is 11.3. The maximum absolute atomic E-state index is 11.3. The Labute approximate surface area is 115 Å². The second-order valence-electron chi connectivity index (χ2n) is 6.28. The fraction of sp³-hybridized carbons (Fsp3) is 0.688. The minimum atomic E-state index is -0.283. The van der Waals surface area contributed by atoms with Crippen molar-refractivity contribution in [1.29, 1.82) is 0 Å². The van der Waals surface area contributed by atoms with Crippen LogP contribution in [-0.2, 0) is 9.53 Å². The number of carbonyl (C=O) groups excluding carboxylic acids is 1. The number of allylic oxidation sites excluding steroid dienone is 2. The van der Waals surface area contributed by atoms with E-state index in [4.69, 9.17) is 4.74 Å². The van der Waals surface area contributed by atoms with E-state index in [1.54, 1.807) is 6.92 Å². The third kappa shape index (κ3) is 2.36. The number of fused-ring (bicyclic) bond motifs is 5. The van der Waals surface area contributed by atoms with E-state index in [1.807, 2.05) is 0 Å². The zero-order valence-electron chi connectivity index (χ0n) is 11.6. The van der Waals surface area contributed by atoms with Gasteiger partial charge in [0.05, 0.1) is 0 Å². The summed E-state index contributed by atoms with van der Waals surface area (Å²) in [6.45, 7) is 6.47. The average molecular weight is 261 g/mol. The van der Waals surface area contributed by atoms with Gasteiger partial charge in [0.1, 0.15) is 6.61 Å². The zero-order chi connectivity index (χ0) is 13.4. The summed E-state index contributed by atoms with van der Waals surface area (Å²) in [5.41, 5.74) is 0.472. The molecule has 3 nitrogen and oxygen atoms in total. The van der Waals surface area contributed by atoms with Crippen LogP contribution in [-0.4, -0.2) is 25.2 Å². The summed E-state index contributed by atoms with van der Waals surface area (Å²) in [7, 11) is 0. The van der Waals surface area contributed by atoms with Gasteiger partial charge in [0.15, 0.2) is 0 Å². The topological polar surface area (TPSA) is 38.3 Å². The number of nitrogens with one attached hydrogen (secondary N) is 1. The second kappa shape index (κ2) is 5.12. The molecular weight excluding hydrogens is 238 g/mol. The predicted octanol–water partition coefficient (Wildman–Crippen LogP) is 2.30. The van der Waals surface area contributed by atoms with Crippen LogP contribution < -0.4 is 5.32 Å². The molecule has 0 amide bonds. The number of rotatable bonds is 5. The summed E-state index contributed by atoms with van der Waals surface area (Å²) in [6, 6.07) is 0.634. The van der Waals surface area contributed by atoms with Crippen molar-refractivity contribution in [1.82, 2.24) is 5.32 Å². The standard InChI is InChI=1S/C16H23NO2/c1-10(2)16(18)19-7-6-17-15-9-11-8-14(15)13-5-3-4-12(11)13/h3-4,11-15,17H,1,5-9H2,2H3. The number of ether oxygens (including phenoxy) is 1. The molecule has 5 atom stereocenters. The first kappa shape index (κ1) is 12.9. The Kier molecular flexibility index (Phi) is 3.48. The molecule has 3 aliphatic rings. The molecule has 2 bridgehead atoms. The Morgan fingerprint density at radius 1 is 1.42 bits per heavy atom. The third-order valence-corrected chi connectivity index (χ3v) is 5.09. The van der Waals surface area contributed by atoms with Crippen LogP contribution in [0.2, 0.25) is 0 Å². The molecule has 5 unspecified atom stereocenters. The Hall–Kier alpha value is -1.09. The Bertz CT molecular complexity index is 415. The van der Waals surface area contributed by atoms with Gasteiger partial charge in [0.2, 0.25) is 0 Å². The lowest BCUT2D eigenvalue weighted by Crippen LogP contribution is -2.41. The fourth-order valence-electron chi connectivity index (χ4n) is 4.30. The molecule has 0 radical (unpaired) electrons. The number of carbonyl (C=O) groups is 1. The molecule has 0 aromatic carbocycles. The number of hydrogen-bond donors (Lipinski definition) is 1. The molecular formula is C16H23NO2. The van der Waals surface area contributed by atoms with Gasteiger partial charge in [-0.1, -0.05) is 18.7 Å². The first-order valence-electron chi connectivity index (χ1n) is 7.39. The quantitative estimate of drug-likeness (QED) is 0.357. The summed E-state index contributed by atoms with van der Waals surface area (Å²) in [5, 5.41) is 3.59. The summed E-state index contributed by atoms with van der Waals surface area (Å²) in [5.74, 6) is 3.19. The fourth-order valence-corrected chi connectivity index (χ4v) is 4.30. The second-order valence-corrected chi connectivity index (χ2v) is 6.28. The molecule has 2 saturated carbocycles. The van der Waals surface area contributed by atoms with E-state index in [9.17, 15) is 4.79 Å². The number of hydrogen-bond acceptors (Lipinski definition) is 3. The van der Waals surface area contributed by atoms with E-state index in [0.717, 1.165) is 30.2 Å². The SMILES string of the molecule is C=C(C)C(=O)OCCNC1CC2CC1C1CC=CC21. The van der Waals surface area contributed by atoms with Crippen LogP contribution in [0.1, 0.15) is 26.2 Å². The molecule has 0 aliphatic heterocycles. The third-order valence-electron chi connectivity index (χ3n) is 5.09. The predicted molar refractivity (Wildman–Crippen MR) is 74.5 cm³/mol. The van der Waals surface area contributed by atoms with Crippen molar-refractivity contribution in [2.45, 2.75) is 32.2 Å². The van der Waals surface area contributed by atoms with Gasteiger partial charge in [-0.2, -0.15) is 0 Å². The van der Waals surface area contributed by atoms with Crippen LogP contribution in [0.15, 0.2) is 24.3 Å². The largest absolute Gasteiger partial charge is 0.461 e. The van der Waals surface area contributed by atoms with Gasteiger partial charge in [0.25, 0.3) is 0 Å². The van der Waals surface area contributed by atoms with E-state index in [2.05, 4.69) is 24.0 Å². The molecule has 0 spiro atoms. The van der Waals surface area contributed by atoms with Crippen molar-refractivity contribution >= 4 is 5.97 Å². The van der Waals surface area contributed by atoms with Crippen LogP contribution in [0.3, 0.4) is 0 Å². The first-order chi connectivity index (χ1) is 9.16. The molecule has 19 heavy (non-hydrogen) atoms. The first-order valence-corrected chi connectivity index (χ1v) is 7.39. The molecule has 3 rings (SSSR count). The van der Waals surface area contributed by atoms with Gasteiger partial charge in [-0.15, -0.1) is 0 Å². The van der Waals surface area contributed by atoms with E-state index >= 15 is 0 Å². The van der Waals surface area contributed by atoms with Gasteiger partial charge in [-0.05, 0) is 49.9 Å². The van der Waals surface area contributed by atoms with Crippen LogP contribution in [0, 0.1) is 23.7 Å². The molecule has 3 aliphatic carbocycles. The minimum Gasteiger partial charge on any atom is -0.461 e. The van der Waals surface area contributed by atoms with Gasteiger partial charge in [-0.25, -0.2) is 4.79 Å². The van der Waals surface area contributed by atoms with Crippen LogP contribution in [0.25, 0.3) is 0 Å². The zero-order valence-corrected chi connectivity index (χ0v) is 11.6. The van der Waals surface area contributed by atoms with Crippen molar-refractivity contribution in [3.63, 3.8) is 0 Å². The summed E-state index contributed by atoms with van der Waals surface area (Å²) < 4.78 is 5.12. The molecule has 0 saturated heterocycles. The van der Waals surface area contributed by atoms with Crippen LogP contribution in [0.5, 0.6) is 0 Å². The lowest BCUT2D eigenvalue weighted by molar-refractivity contribution is -0.138. The number of esters is 1. The normalized spacial score (nSPS) is 38.5. The molecule has 0 heterocycles. The summed E-state index contributed by atoms with van der Waals surface area (Å²) in [6.07, 6.45) is 8.77. The highest BCUT2D eigenvalue weighted by molar-refractivity contribution is 5.86. The maximum Gasteiger partial charge on any atom is 0.333 e. The van der Waals surface area contributed by atoms with Crippen molar-refractivity contribution in [3.05, 3.63) is 24.3 Å². The van der Waals surface area contributed by atoms with Gasteiger partial charge in [0, 0.05) is 18.2 Å². The van der Waals surface area contributed by atoms with Crippen molar-refractivity contribution in [2.75, 3.05) is 13.2 Å². The van der Waals surface area contributed by atoms with Crippen LogP contribution >= 0.6 is 0 Å². The van der Waals surface area contributed by atoms with Gasteiger partial charge >= 0.3 is 5.97 Å². The molecule has 0 aromatic heterocycles. The van der Waals surface area contributed by atoms with Gasteiger partial charge < -0.3 is 10.1 Å². The molecule has 2 fully saturated rings. The summed E-state index contributed by atoms with van der Waals surface area (Å²) >= 11 is 0. The summed E-state index contributed by atoms with van der Waals surface area (Å²) in [4.78, 5) is 11.3. The van der Waals surface area contributed by atoms with Crippen molar-refractivity contribution < 1.29 is 9.53 Å². The molecule has 1 N–H and O–H groups in total. The minimum absolute atomic E-state index is 0.283. The Morgan fingerprint density at radius 3 is 3.05 bits per heavy atom. The molecule has 0 aromatic rings. The lowest BCUT2D eigenvalue weighted by atomic mass is 9.79. The van der Waals surface area contributed by atoms with Crippen molar-refractivity contribution in [2.24, 2.45) is 23.7 Å². The lowest BCUT2D eigenvalue weighted by Gasteiger charge is -2.32. The smallest absolute Gasteiger partial charge is 0.333 e. The Morgan fingerprint density at radius 2 is 2.26 bits per heavy atom. The Balaban J connectivity index is 1.41. The van der Waals surface area contributed by atoms with Gasteiger partial charge in [-0.3, -0.25) is 0 Å². The monoisotopic (exact) mass is 261 g/mol. The molecule has 104 valence electrons. The van der Waals surface area contributed by atoms with Crippen LogP contribution in [0.4, 0.5) is 0 Å².